The Morgan fingerprint density at radius 3 is 2.68 bits per heavy atom. The van der Waals surface area contributed by atoms with E-state index in [4.69, 9.17) is 0 Å². The number of hydrogen-bond donors (Lipinski definition) is 2. The van der Waals surface area contributed by atoms with Crippen LogP contribution in [0.1, 0.15) is 62.6 Å². The second-order valence-corrected chi connectivity index (χ2v) is 5.03. The molecular formula is C14H25N3O2. The van der Waals surface area contributed by atoms with E-state index in [0.717, 1.165) is 5.69 Å². The smallest absolute Gasteiger partial charge is 0.269 e. The predicted molar refractivity (Wildman–Crippen MR) is 75.2 cm³/mol. The molecule has 1 rings (SSSR count). The molecule has 0 aliphatic heterocycles. The molecule has 2 N–H and O–H groups in total. The van der Waals surface area contributed by atoms with Crippen molar-refractivity contribution in [1.29, 1.82) is 0 Å². The van der Waals surface area contributed by atoms with Crippen LogP contribution in [0.15, 0.2) is 6.07 Å². The van der Waals surface area contributed by atoms with Crippen LogP contribution in [0.3, 0.4) is 0 Å². The fraction of sp³-hybridized carbons (Fsp3) is 0.714. The van der Waals surface area contributed by atoms with Gasteiger partial charge in [-0.15, -0.1) is 0 Å². The highest BCUT2D eigenvalue weighted by Crippen LogP contribution is 2.14. The second kappa shape index (κ2) is 7.28. The molecule has 0 aliphatic carbocycles. The van der Waals surface area contributed by atoms with Gasteiger partial charge < -0.3 is 10.4 Å². The summed E-state index contributed by atoms with van der Waals surface area (Å²) in [5, 5.41) is 16.7. The van der Waals surface area contributed by atoms with E-state index in [1.54, 1.807) is 4.68 Å². The molecule has 1 amide bonds. The van der Waals surface area contributed by atoms with E-state index >= 15 is 0 Å². The van der Waals surface area contributed by atoms with Gasteiger partial charge in [-0.2, -0.15) is 5.10 Å². The maximum Gasteiger partial charge on any atom is 0.269 e. The largest absolute Gasteiger partial charge is 0.393 e. The van der Waals surface area contributed by atoms with E-state index in [0.29, 0.717) is 37.5 Å². The number of amides is 1. The van der Waals surface area contributed by atoms with E-state index in [1.165, 1.54) is 0 Å². The summed E-state index contributed by atoms with van der Waals surface area (Å²) in [5.41, 5.74) is 1.53. The first-order chi connectivity index (χ1) is 8.99. The third kappa shape index (κ3) is 4.35. The quantitative estimate of drug-likeness (QED) is 0.793. The summed E-state index contributed by atoms with van der Waals surface area (Å²) in [5.74, 6) is 0.186. The molecule has 5 heteroatoms. The van der Waals surface area contributed by atoms with Gasteiger partial charge in [0.2, 0.25) is 0 Å². The summed E-state index contributed by atoms with van der Waals surface area (Å²) < 4.78 is 1.72. The zero-order chi connectivity index (χ0) is 14.4. The van der Waals surface area contributed by atoms with Crippen LogP contribution in [0.2, 0.25) is 0 Å². The van der Waals surface area contributed by atoms with Gasteiger partial charge in [0.05, 0.1) is 11.8 Å². The second-order valence-electron chi connectivity index (χ2n) is 5.03. The Morgan fingerprint density at radius 2 is 2.16 bits per heavy atom. The molecule has 0 aromatic carbocycles. The van der Waals surface area contributed by atoms with Crippen molar-refractivity contribution in [2.45, 2.75) is 59.1 Å². The molecule has 0 spiro atoms. The molecule has 5 nitrogen and oxygen atoms in total. The summed E-state index contributed by atoms with van der Waals surface area (Å²) in [7, 11) is 0. The molecule has 1 atom stereocenters. The Labute approximate surface area is 115 Å². The fourth-order valence-corrected chi connectivity index (χ4v) is 1.79. The minimum atomic E-state index is -0.345. The number of aromatic nitrogens is 2. The summed E-state index contributed by atoms with van der Waals surface area (Å²) in [4.78, 5) is 12.1. The van der Waals surface area contributed by atoms with Crippen LogP contribution in [0.4, 0.5) is 0 Å². The van der Waals surface area contributed by atoms with Crippen LogP contribution < -0.4 is 5.32 Å². The molecule has 0 bridgehead atoms. The van der Waals surface area contributed by atoms with Gasteiger partial charge in [0.15, 0.2) is 0 Å². The van der Waals surface area contributed by atoms with Gasteiger partial charge in [-0.25, -0.2) is 0 Å². The van der Waals surface area contributed by atoms with Gasteiger partial charge in [-0.1, -0.05) is 20.8 Å². The molecule has 0 radical (unpaired) electrons. The van der Waals surface area contributed by atoms with Crippen LogP contribution in [0.5, 0.6) is 0 Å². The lowest BCUT2D eigenvalue weighted by atomic mass is 10.1. The minimum absolute atomic E-state index is 0.121. The number of carbonyl (C=O) groups excluding carboxylic acids is 1. The zero-order valence-electron chi connectivity index (χ0n) is 12.3. The Balaban J connectivity index is 2.65. The molecule has 1 aromatic rings. The fourth-order valence-electron chi connectivity index (χ4n) is 1.79. The van der Waals surface area contributed by atoms with Gasteiger partial charge in [-0.05, 0) is 31.7 Å². The zero-order valence-corrected chi connectivity index (χ0v) is 12.3. The van der Waals surface area contributed by atoms with Crippen molar-refractivity contribution in [2.24, 2.45) is 0 Å². The molecule has 19 heavy (non-hydrogen) atoms. The molecule has 0 saturated carbocycles. The van der Waals surface area contributed by atoms with Gasteiger partial charge in [0.1, 0.15) is 5.69 Å². The van der Waals surface area contributed by atoms with Gasteiger partial charge in [-0.3, -0.25) is 9.48 Å². The van der Waals surface area contributed by atoms with Crippen molar-refractivity contribution >= 4 is 5.91 Å². The number of aryl methyl sites for hydroxylation is 1. The van der Waals surface area contributed by atoms with Gasteiger partial charge in [0.25, 0.3) is 5.91 Å². The molecular weight excluding hydrogens is 242 g/mol. The number of aliphatic hydroxyl groups excluding tert-OH is 1. The highest BCUT2D eigenvalue weighted by molar-refractivity contribution is 5.92. The van der Waals surface area contributed by atoms with Crippen molar-refractivity contribution in [1.82, 2.24) is 15.1 Å². The Kier molecular flexibility index (Phi) is 6.02. The lowest BCUT2D eigenvalue weighted by molar-refractivity contribution is 0.0931. The van der Waals surface area contributed by atoms with Crippen LogP contribution >= 0.6 is 0 Å². The maximum absolute atomic E-state index is 12.1. The Hall–Kier alpha value is -1.36. The average Bonchev–Trinajstić information content (AvgIpc) is 2.82. The van der Waals surface area contributed by atoms with Crippen molar-refractivity contribution < 1.29 is 9.90 Å². The lowest BCUT2D eigenvalue weighted by Crippen LogP contribution is -2.29. The number of nitrogens with zero attached hydrogens (tertiary/aromatic N) is 2. The summed E-state index contributed by atoms with van der Waals surface area (Å²) in [6.45, 7) is 9.17. The Bertz CT molecular complexity index is 413. The van der Waals surface area contributed by atoms with Crippen molar-refractivity contribution in [3.05, 3.63) is 17.5 Å². The molecule has 108 valence electrons. The molecule has 1 aromatic heterocycles. The van der Waals surface area contributed by atoms with Crippen LogP contribution in [0, 0.1) is 0 Å². The maximum atomic E-state index is 12.1. The first-order valence-corrected chi connectivity index (χ1v) is 7.03. The molecule has 0 aliphatic rings. The molecule has 1 heterocycles. The van der Waals surface area contributed by atoms with Crippen molar-refractivity contribution in [3.8, 4) is 0 Å². The van der Waals surface area contributed by atoms with Crippen LogP contribution in [-0.2, 0) is 6.54 Å². The van der Waals surface area contributed by atoms with E-state index in [2.05, 4.69) is 24.3 Å². The Morgan fingerprint density at radius 1 is 1.47 bits per heavy atom. The summed E-state index contributed by atoms with van der Waals surface area (Å²) in [6, 6.07) is 1.85. The SMILES string of the molecule is CCC(O)CCNC(=O)c1cc(C(C)C)nn1CC. The topological polar surface area (TPSA) is 67.2 Å². The monoisotopic (exact) mass is 267 g/mol. The lowest BCUT2D eigenvalue weighted by Gasteiger charge is -2.09. The first kappa shape index (κ1) is 15.7. The third-order valence-electron chi connectivity index (χ3n) is 3.16. The van der Waals surface area contributed by atoms with E-state index in [-0.39, 0.29) is 12.0 Å². The summed E-state index contributed by atoms with van der Waals surface area (Å²) >= 11 is 0. The predicted octanol–water partition coefficient (Wildman–Crippen LogP) is 1.92. The number of hydrogen-bond acceptors (Lipinski definition) is 3. The summed E-state index contributed by atoms with van der Waals surface area (Å²) in [6.07, 6.45) is 0.947. The molecule has 0 saturated heterocycles. The first-order valence-electron chi connectivity index (χ1n) is 7.03. The number of carbonyl (C=O) groups is 1. The third-order valence-corrected chi connectivity index (χ3v) is 3.16. The average molecular weight is 267 g/mol. The minimum Gasteiger partial charge on any atom is -0.393 e. The van der Waals surface area contributed by atoms with E-state index in [9.17, 15) is 9.90 Å². The molecule has 1 unspecified atom stereocenters. The molecule has 0 fully saturated rings. The van der Waals surface area contributed by atoms with E-state index in [1.807, 2.05) is 19.9 Å². The standard InChI is InChI=1S/C14H25N3O2/c1-5-11(18)7-8-15-14(19)13-9-12(10(3)4)16-17(13)6-2/h9-11,18H,5-8H2,1-4H3,(H,15,19). The normalized spacial score (nSPS) is 12.7. The van der Waals surface area contributed by atoms with E-state index < -0.39 is 0 Å². The van der Waals surface area contributed by atoms with Gasteiger partial charge >= 0.3 is 0 Å². The van der Waals surface area contributed by atoms with Crippen LogP contribution in [0.25, 0.3) is 0 Å². The number of rotatable bonds is 7. The number of nitrogens with one attached hydrogen (secondary N) is 1. The van der Waals surface area contributed by atoms with Gasteiger partial charge in [0, 0.05) is 13.1 Å². The number of aliphatic hydroxyl groups is 1. The van der Waals surface area contributed by atoms with Crippen molar-refractivity contribution in [3.63, 3.8) is 0 Å². The highest BCUT2D eigenvalue weighted by Gasteiger charge is 2.15. The van der Waals surface area contributed by atoms with Crippen LogP contribution in [-0.4, -0.2) is 33.4 Å². The van der Waals surface area contributed by atoms with Crippen molar-refractivity contribution in [2.75, 3.05) is 6.54 Å². The highest BCUT2D eigenvalue weighted by atomic mass is 16.3.